The first-order valence-corrected chi connectivity index (χ1v) is 11.1. The van der Waals surface area contributed by atoms with Gasteiger partial charge < -0.3 is 26.1 Å². The molecule has 1 heterocycles. The predicted octanol–water partition coefficient (Wildman–Crippen LogP) is 1.82. The van der Waals surface area contributed by atoms with E-state index in [2.05, 4.69) is 15.6 Å². The van der Waals surface area contributed by atoms with E-state index in [4.69, 9.17) is 10.5 Å². The van der Waals surface area contributed by atoms with E-state index in [1.165, 1.54) is 6.07 Å². The standard InChI is InChI=1S/C24H30N4O5/c1-4-33-15-10-8-14(9-11-15)22(30)28-20(13(2)3)24(32)27-19-7-5-6-18-16(19)12-17(21(25)29)23(31)26-18/h8-13,19-20H,4-7H2,1-3H3,(H2,25,29)(H,26,31)(H,27,32)(H,28,30). The van der Waals surface area contributed by atoms with Crippen LogP contribution in [-0.4, -0.2) is 35.4 Å². The number of aryl methyl sites for hydroxylation is 1. The Hall–Kier alpha value is -3.62. The number of rotatable bonds is 8. The van der Waals surface area contributed by atoms with Crippen LogP contribution in [0, 0.1) is 5.92 Å². The van der Waals surface area contributed by atoms with Gasteiger partial charge in [-0.25, -0.2) is 0 Å². The molecular weight excluding hydrogens is 424 g/mol. The van der Waals surface area contributed by atoms with Crippen molar-refractivity contribution in [3.05, 3.63) is 63.1 Å². The molecule has 9 nitrogen and oxygen atoms in total. The molecule has 1 aromatic heterocycles. The van der Waals surface area contributed by atoms with E-state index in [-0.39, 0.29) is 23.3 Å². The normalized spacial score (nSPS) is 15.9. The molecule has 0 saturated heterocycles. The first kappa shape index (κ1) is 24.0. The molecule has 0 fully saturated rings. The second-order valence-corrected chi connectivity index (χ2v) is 8.42. The van der Waals surface area contributed by atoms with Crippen molar-refractivity contribution < 1.29 is 19.1 Å². The fourth-order valence-electron chi connectivity index (χ4n) is 3.96. The van der Waals surface area contributed by atoms with Crippen LogP contribution in [0.25, 0.3) is 0 Å². The number of benzene rings is 1. The summed E-state index contributed by atoms with van der Waals surface area (Å²) in [7, 11) is 0. The smallest absolute Gasteiger partial charge is 0.261 e. The van der Waals surface area contributed by atoms with Crippen molar-refractivity contribution in [2.24, 2.45) is 11.7 Å². The Bertz CT molecular complexity index is 1090. The Labute approximate surface area is 192 Å². The Morgan fingerprint density at radius 1 is 1.21 bits per heavy atom. The molecule has 0 radical (unpaired) electrons. The molecule has 1 aromatic carbocycles. The van der Waals surface area contributed by atoms with E-state index in [0.717, 1.165) is 6.42 Å². The maximum Gasteiger partial charge on any atom is 0.261 e. The molecule has 2 aromatic rings. The number of H-pyrrole nitrogens is 1. The number of nitrogens with two attached hydrogens (primary N) is 1. The Morgan fingerprint density at radius 3 is 2.52 bits per heavy atom. The van der Waals surface area contributed by atoms with Crippen molar-refractivity contribution in [1.82, 2.24) is 15.6 Å². The van der Waals surface area contributed by atoms with Crippen LogP contribution in [0.4, 0.5) is 0 Å². The molecule has 2 atom stereocenters. The molecule has 5 N–H and O–H groups in total. The summed E-state index contributed by atoms with van der Waals surface area (Å²) in [4.78, 5) is 52.3. The third-order valence-electron chi connectivity index (χ3n) is 5.70. The highest BCUT2D eigenvalue weighted by atomic mass is 16.5. The average Bonchev–Trinajstić information content (AvgIpc) is 2.77. The van der Waals surface area contributed by atoms with Gasteiger partial charge in [0, 0.05) is 11.3 Å². The van der Waals surface area contributed by atoms with Gasteiger partial charge >= 0.3 is 0 Å². The van der Waals surface area contributed by atoms with Crippen molar-refractivity contribution >= 4 is 17.7 Å². The minimum absolute atomic E-state index is 0.140. The number of aromatic amines is 1. The van der Waals surface area contributed by atoms with Gasteiger partial charge in [0.1, 0.15) is 17.4 Å². The SMILES string of the molecule is CCOc1ccc(C(=O)NC(C(=O)NC2CCCc3[nH]c(=O)c(C(N)=O)cc32)C(C)C)cc1. The van der Waals surface area contributed by atoms with Crippen molar-refractivity contribution in [2.75, 3.05) is 6.61 Å². The average molecular weight is 455 g/mol. The van der Waals surface area contributed by atoms with Crippen LogP contribution >= 0.6 is 0 Å². The molecule has 0 bridgehead atoms. The summed E-state index contributed by atoms with van der Waals surface area (Å²) in [6, 6.07) is 7.00. The molecule has 0 saturated carbocycles. The summed E-state index contributed by atoms with van der Waals surface area (Å²) in [6.45, 7) is 6.10. The number of carbonyl (C=O) groups is 3. The molecule has 0 aliphatic heterocycles. The first-order valence-electron chi connectivity index (χ1n) is 11.1. The van der Waals surface area contributed by atoms with E-state index in [1.807, 2.05) is 20.8 Å². The van der Waals surface area contributed by atoms with Gasteiger partial charge in [-0.15, -0.1) is 0 Å². The lowest BCUT2D eigenvalue weighted by Crippen LogP contribution is -2.50. The first-order chi connectivity index (χ1) is 15.7. The number of carbonyl (C=O) groups excluding carboxylic acids is 3. The second-order valence-electron chi connectivity index (χ2n) is 8.42. The summed E-state index contributed by atoms with van der Waals surface area (Å²) in [5, 5.41) is 5.79. The van der Waals surface area contributed by atoms with E-state index in [0.29, 0.717) is 42.0 Å². The summed E-state index contributed by atoms with van der Waals surface area (Å²) >= 11 is 0. The van der Waals surface area contributed by atoms with Crippen LogP contribution in [0.3, 0.4) is 0 Å². The zero-order valence-corrected chi connectivity index (χ0v) is 19.1. The van der Waals surface area contributed by atoms with Gasteiger partial charge in [0.2, 0.25) is 5.91 Å². The van der Waals surface area contributed by atoms with Crippen LogP contribution in [0.1, 0.15) is 71.6 Å². The van der Waals surface area contributed by atoms with E-state index < -0.39 is 23.6 Å². The van der Waals surface area contributed by atoms with E-state index in [1.54, 1.807) is 24.3 Å². The molecule has 2 unspecified atom stereocenters. The maximum absolute atomic E-state index is 13.1. The number of aromatic nitrogens is 1. The highest BCUT2D eigenvalue weighted by Crippen LogP contribution is 2.28. The summed E-state index contributed by atoms with van der Waals surface area (Å²) in [5.41, 5.74) is 6.42. The third-order valence-corrected chi connectivity index (χ3v) is 5.70. The Kier molecular flexibility index (Phi) is 7.52. The van der Waals surface area contributed by atoms with E-state index >= 15 is 0 Å². The van der Waals surface area contributed by atoms with E-state index in [9.17, 15) is 19.2 Å². The summed E-state index contributed by atoms with van der Waals surface area (Å²) in [6.07, 6.45) is 2.04. The number of ether oxygens (including phenoxy) is 1. The Morgan fingerprint density at radius 2 is 1.91 bits per heavy atom. The van der Waals surface area contributed by atoms with Crippen LogP contribution in [-0.2, 0) is 11.2 Å². The van der Waals surface area contributed by atoms with Crippen molar-refractivity contribution in [1.29, 1.82) is 0 Å². The monoisotopic (exact) mass is 454 g/mol. The fourth-order valence-corrected chi connectivity index (χ4v) is 3.96. The molecule has 1 aliphatic rings. The number of hydrogen-bond acceptors (Lipinski definition) is 5. The second kappa shape index (κ2) is 10.3. The summed E-state index contributed by atoms with van der Waals surface area (Å²) in [5.74, 6) is -1.03. The number of amides is 3. The third kappa shape index (κ3) is 5.60. The highest BCUT2D eigenvalue weighted by Gasteiger charge is 2.30. The fraction of sp³-hybridized carbons (Fsp3) is 0.417. The van der Waals surface area contributed by atoms with Crippen molar-refractivity contribution in [2.45, 2.75) is 52.1 Å². The number of fused-ring (bicyclic) bond motifs is 1. The van der Waals surface area contributed by atoms with Crippen molar-refractivity contribution in [3.8, 4) is 5.75 Å². The lowest BCUT2D eigenvalue weighted by molar-refractivity contribution is -0.124. The molecule has 0 spiro atoms. The summed E-state index contributed by atoms with van der Waals surface area (Å²) < 4.78 is 5.40. The van der Waals surface area contributed by atoms with Gasteiger partial charge in [0.25, 0.3) is 17.4 Å². The molecule has 33 heavy (non-hydrogen) atoms. The Balaban J connectivity index is 1.76. The number of primary amides is 1. The largest absolute Gasteiger partial charge is 0.494 e. The predicted molar refractivity (Wildman–Crippen MR) is 123 cm³/mol. The topological polar surface area (TPSA) is 143 Å². The molecule has 1 aliphatic carbocycles. The van der Waals surface area contributed by atoms with Crippen LogP contribution in [0.5, 0.6) is 5.75 Å². The lowest BCUT2D eigenvalue weighted by Gasteiger charge is -2.29. The van der Waals surface area contributed by atoms with Gasteiger partial charge in [-0.05, 0) is 68.0 Å². The molecular formula is C24H30N4O5. The highest BCUT2D eigenvalue weighted by molar-refractivity contribution is 5.97. The van der Waals surface area contributed by atoms with Crippen LogP contribution < -0.4 is 26.7 Å². The van der Waals surface area contributed by atoms with Gasteiger partial charge in [-0.2, -0.15) is 0 Å². The van der Waals surface area contributed by atoms with Crippen LogP contribution in [0.2, 0.25) is 0 Å². The number of nitrogens with one attached hydrogen (secondary N) is 3. The molecule has 9 heteroatoms. The minimum atomic E-state index is -0.822. The maximum atomic E-state index is 13.1. The zero-order valence-electron chi connectivity index (χ0n) is 19.1. The molecule has 176 valence electrons. The van der Waals surface area contributed by atoms with Crippen LogP contribution in [0.15, 0.2) is 35.1 Å². The number of pyridine rings is 1. The van der Waals surface area contributed by atoms with Gasteiger partial charge in [-0.3, -0.25) is 19.2 Å². The zero-order chi connectivity index (χ0) is 24.1. The molecule has 3 amide bonds. The molecule has 3 rings (SSSR count). The number of hydrogen-bond donors (Lipinski definition) is 4. The lowest BCUT2D eigenvalue weighted by atomic mass is 9.89. The van der Waals surface area contributed by atoms with Gasteiger partial charge in [0.05, 0.1) is 12.6 Å². The van der Waals surface area contributed by atoms with Gasteiger partial charge in [0.15, 0.2) is 0 Å². The van der Waals surface area contributed by atoms with Gasteiger partial charge in [-0.1, -0.05) is 13.8 Å². The minimum Gasteiger partial charge on any atom is -0.494 e. The quantitative estimate of drug-likeness (QED) is 0.481. The van der Waals surface area contributed by atoms with Crippen molar-refractivity contribution in [3.63, 3.8) is 0 Å².